The molecule has 2 heterocycles. The van der Waals surface area contributed by atoms with E-state index in [9.17, 15) is 40.2 Å². The molecule has 0 amide bonds. The van der Waals surface area contributed by atoms with Crippen molar-refractivity contribution in [2.24, 2.45) is 52.9 Å². The normalized spacial score (nSPS) is 46.2. The first-order valence-corrected chi connectivity index (χ1v) is 18.3. The molecule has 0 aromatic carbocycles. The second-order valence-corrected chi connectivity index (χ2v) is 15.5. The van der Waals surface area contributed by atoms with Crippen molar-refractivity contribution in [1.82, 2.24) is 5.32 Å². The molecule has 14 N–H and O–H groups in total. The van der Waals surface area contributed by atoms with E-state index in [0.717, 1.165) is 19.4 Å². The van der Waals surface area contributed by atoms with Crippen molar-refractivity contribution in [3.63, 3.8) is 0 Å². The number of guanidine groups is 1. The molecule has 3 saturated carbocycles. The molecule has 0 radical (unpaired) electrons. The molecular formula is C34H61N5O11+2. The minimum atomic E-state index is -1.97. The number of carbonyl (C=O) groups is 2. The van der Waals surface area contributed by atoms with Gasteiger partial charge in [-0.25, -0.2) is 0 Å². The number of nitrogens with one attached hydrogen (secondary N) is 2. The topological polar surface area (TPSA) is 278 Å². The predicted octanol–water partition coefficient (Wildman–Crippen LogP) is -5.61. The van der Waals surface area contributed by atoms with Crippen molar-refractivity contribution in [2.75, 3.05) is 33.9 Å². The maximum Gasteiger partial charge on any atom is 0.341 e. The molecule has 0 bridgehead atoms. The summed E-state index contributed by atoms with van der Waals surface area (Å²) in [6, 6.07) is -0.482. The lowest BCUT2D eigenvalue weighted by Gasteiger charge is -2.53. The van der Waals surface area contributed by atoms with Gasteiger partial charge in [0.1, 0.15) is 41.6 Å². The van der Waals surface area contributed by atoms with Crippen molar-refractivity contribution in [2.45, 2.75) is 119 Å². The van der Waals surface area contributed by atoms with Crippen molar-refractivity contribution in [3.05, 3.63) is 0 Å². The van der Waals surface area contributed by atoms with E-state index in [2.05, 4.69) is 15.6 Å². The van der Waals surface area contributed by atoms with Crippen molar-refractivity contribution in [1.29, 1.82) is 0 Å². The Kier molecular flexibility index (Phi) is 13.0. The summed E-state index contributed by atoms with van der Waals surface area (Å²) in [6.45, 7) is 1.92. The van der Waals surface area contributed by atoms with Gasteiger partial charge in [0.05, 0.1) is 56.4 Å². The van der Waals surface area contributed by atoms with Crippen LogP contribution in [0.2, 0.25) is 0 Å². The lowest BCUT2D eigenvalue weighted by atomic mass is 9.53. The van der Waals surface area contributed by atoms with Gasteiger partial charge in [0.25, 0.3) is 0 Å². The highest BCUT2D eigenvalue weighted by Crippen LogP contribution is 2.51. The first-order chi connectivity index (χ1) is 23.8. The second kappa shape index (κ2) is 16.5. The van der Waals surface area contributed by atoms with Crippen LogP contribution in [0.1, 0.15) is 58.3 Å². The summed E-state index contributed by atoms with van der Waals surface area (Å²) in [7, 11) is 3.14. The number of ether oxygens (including phenoxy) is 3. The fraction of sp³-hybridized carbons (Fsp3) is 0.912. The molecule has 0 aromatic heterocycles. The maximum atomic E-state index is 14.5. The lowest BCUT2D eigenvalue weighted by molar-refractivity contribution is -0.699. The van der Waals surface area contributed by atoms with Crippen LogP contribution in [0.4, 0.5) is 0 Å². The van der Waals surface area contributed by atoms with Crippen LogP contribution < -0.4 is 27.1 Å². The summed E-state index contributed by atoms with van der Waals surface area (Å²) in [4.78, 5) is 31.6. The molecule has 17 atom stereocenters. The van der Waals surface area contributed by atoms with Crippen molar-refractivity contribution < 1.29 is 64.7 Å². The van der Waals surface area contributed by atoms with Gasteiger partial charge in [-0.2, -0.15) is 0 Å². The van der Waals surface area contributed by atoms with E-state index in [1.165, 1.54) is 7.11 Å². The Balaban J connectivity index is 1.37. The molecule has 16 heteroatoms. The van der Waals surface area contributed by atoms with Crippen LogP contribution in [-0.4, -0.2) is 143 Å². The van der Waals surface area contributed by atoms with E-state index < -0.39 is 90.8 Å². The number of nitrogens with two attached hydrogens (primary N) is 3. The fourth-order valence-corrected chi connectivity index (χ4v) is 9.91. The standard InChI is InChI=1S/C34H59N5O11/c1-15-10-18-26(28(43)24(15)20(6-9-40)39-33(36)37-2)29(44)25-19(27(18)42)12-17(48-3)13-21(25)49-32-30(45)31(46)34(47,22(14-41)50-32)7-4-16-5-8-38-23(35)11-16/h15-26,28,30-32,38,40-41,43,45-47H,4-14,35H2,1-3H3,(H3,36,37,39)/p+2/t15?,16?,17?,18?,19?,20-,21?,22+,23?,24?,25?,26?,28?,30+,31+,32-,34+/m0/s1. The third kappa shape index (κ3) is 7.62. The number of aliphatic hydroxyl groups excluding tert-OH is 5. The highest BCUT2D eigenvalue weighted by atomic mass is 16.7. The number of hydrogen-bond donors (Lipinski definition) is 11. The minimum absolute atomic E-state index is 0.0499. The van der Waals surface area contributed by atoms with Crippen LogP contribution in [0.15, 0.2) is 0 Å². The van der Waals surface area contributed by atoms with Gasteiger partial charge in [0.15, 0.2) is 6.29 Å². The smallest absolute Gasteiger partial charge is 0.341 e. The minimum Gasteiger partial charge on any atom is -0.396 e. The maximum absolute atomic E-state index is 14.5. The molecule has 0 aromatic rings. The predicted molar refractivity (Wildman–Crippen MR) is 176 cm³/mol. The van der Waals surface area contributed by atoms with Crippen LogP contribution in [0.25, 0.3) is 0 Å². The van der Waals surface area contributed by atoms with Crippen LogP contribution in [-0.2, 0) is 23.8 Å². The molecular weight excluding hydrogens is 654 g/mol. The molecule has 286 valence electrons. The molecule has 3 aliphatic carbocycles. The average Bonchev–Trinajstić information content (AvgIpc) is 3.09. The molecule has 0 spiro atoms. The second-order valence-electron chi connectivity index (χ2n) is 15.5. The van der Waals surface area contributed by atoms with E-state index in [1.54, 1.807) is 7.05 Å². The first-order valence-electron chi connectivity index (χ1n) is 18.3. The zero-order valence-corrected chi connectivity index (χ0v) is 29.5. The number of hydrogen-bond acceptors (Lipinski definition) is 12. The number of ketones is 2. The van der Waals surface area contributed by atoms with E-state index in [1.807, 2.05) is 6.92 Å². The SMILES string of the molecule is C[NH+]=C(N)N[C@@H](CCO)C1C(C)CC2C(=O)C3CC(OC)CC(O[C@H]4O[C@H](CO)[C@](O)(CCC5CC[NH2+]C(N)C5)[C@H](O)[C@H]4O)C3C(=O)C2C1O. The molecule has 2 saturated heterocycles. The third-order valence-corrected chi connectivity index (χ3v) is 12.6. The zero-order valence-electron chi connectivity index (χ0n) is 29.5. The molecule has 16 nitrogen and oxygen atoms in total. The summed E-state index contributed by atoms with van der Waals surface area (Å²) < 4.78 is 17.9. The van der Waals surface area contributed by atoms with Crippen molar-refractivity contribution >= 4 is 17.5 Å². The van der Waals surface area contributed by atoms with Crippen LogP contribution in [0.3, 0.4) is 0 Å². The molecule has 5 aliphatic rings. The highest BCUT2D eigenvalue weighted by molar-refractivity contribution is 6.00. The summed E-state index contributed by atoms with van der Waals surface area (Å²) in [6.07, 6.45) is -5.81. The summed E-state index contributed by atoms with van der Waals surface area (Å²) in [5.41, 5.74) is 10.1. The highest BCUT2D eigenvalue weighted by Gasteiger charge is 2.62. The Labute approximate surface area is 293 Å². The number of fused-ring (bicyclic) bond motifs is 2. The number of Topliss-reactive ketones (excluding diaryl/α,β-unsaturated/α-hetero) is 2. The van der Waals surface area contributed by atoms with Gasteiger partial charge in [0.2, 0.25) is 0 Å². The third-order valence-electron chi connectivity index (χ3n) is 12.6. The van der Waals surface area contributed by atoms with E-state index in [-0.39, 0.29) is 67.8 Å². The monoisotopic (exact) mass is 715 g/mol. The van der Waals surface area contributed by atoms with E-state index in [0.29, 0.717) is 12.8 Å². The largest absolute Gasteiger partial charge is 0.396 e. The fourth-order valence-electron chi connectivity index (χ4n) is 9.91. The molecule has 5 rings (SSSR count). The summed E-state index contributed by atoms with van der Waals surface area (Å²) >= 11 is 0. The average molecular weight is 716 g/mol. The van der Waals surface area contributed by atoms with Crippen LogP contribution in [0, 0.1) is 41.4 Å². The van der Waals surface area contributed by atoms with E-state index >= 15 is 0 Å². The Hall–Kier alpha value is -1.83. The number of aliphatic hydroxyl groups is 6. The van der Waals surface area contributed by atoms with Crippen molar-refractivity contribution in [3.8, 4) is 0 Å². The van der Waals surface area contributed by atoms with Crippen LogP contribution >= 0.6 is 0 Å². The number of methoxy groups -OCH3 is 1. The Morgan fingerprint density at radius 3 is 2.46 bits per heavy atom. The number of rotatable bonds is 11. The van der Waals surface area contributed by atoms with Gasteiger partial charge >= 0.3 is 5.96 Å². The summed E-state index contributed by atoms with van der Waals surface area (Å²) in [5.74, 6) is -4.24. The van der Waals surface area contributed by atoms with Gasteiger partial charge in [-0.1, -0.05) is 6.92 Å². The van der Waals surface area contributed by atoms with Gasteiger partial charge in [-0.3, -0.25) is 31.4 Å². The molecule has 50 heavy (non-hydrogen) atoms. The quantitative estimate of drug-likeness (QED) is 0.0703. The van der Waals surface area contributed by atoms with Gasteiger partial charge in [-0.05, 0) is 43.9 Å². The number of quaternary nitrogens is 1. The van der Waals surface area contributed by atoms with Gasteiger partial charge in [-0.15, -0.1) is 0 Å². The molecule has 5 fully saturated rings. The molecule has 2 aliphatic heterocycles. The molecule has 11 unspecified atom stereocenters. The Bertz CT molecular complexity index is 1210. The Morgan fingerprint density at radius 1 is 1.10 bits per heavy atom. The number of carbonyl (C=O) groups excluding carboxylic acids is 2. The zero-order chi connectivity index (χ0) is 36.5. The van der Waals surface area contributed by atoms with Crippen LogP contribution in [0.5, 0.6) is 0 Å². The first kappa shape index (κ1) is 39.4. The van der Waals surface area contributed by atoms with Gasteiger partial charge in [0, 0.05) is 50.7 Å². The van der Waals surface area contributed by atoms with E-state index in [4.69, 9.17) is 25.7 Å². The lowest BCUT2D eigenvalue weighted by Crippen LogP contribution is -2.94. The summed E-state index contributed by atoms with van der Waals surface area (Å²) in [5, 5.41) is 71.4. The Morgan fingerprint density at radius 2 is 1.82 bits per heavy atom. The van der Waals surface area contributed by atoms with Gasteiger partial charge < -0.3 is 50.2 Å². The number of piperidine rings is 1.